The molecule has 0 N–H and O–H groups in total. The van der Waals surface area contributed by atoms with Gasteiger partial charge in [-0.2, -0.15) is 0 Å². The van der Waals surface area contributed by atoms with Gasteiger partial charge in [-0.1, -0.05) is 37.3 Å². The lowest BCUT2D eigenvalue weighted by Gasteiger charge is -2.11. The van der Waals surface area contributed by atoms with Gasteiger partial charge in [-0.25, -0.2) is 4.39 Å². The first kappa shape index (κ1) is 13.4. The second-order valence-corrected chi connectivity index (χ2v) is 4.18. The van der Waals surface area contributed by atoms with Crippen LogP contribution < -0.4 is 9.47 Å². The zero-order valence-electron chi connectivity index (χ0n) is 11.2. The molecule has 0 fully saturated rings. The van der Waals surface area contributed by atoms with Crippen LogP contribution in [0.3, 0.4) is 0 Å². The Kier molecular flexibility index (Phi) is 4.39. The fourth-order valence-electron chi connectivity index (χ4n) is 1.92. The molecule has 2 aromatic rings. The van der Waals surface area contributed by atoms with E-state index in [2.05, 4.69) is 6.92 Å². The van der Waals surface area contributed by atoms with Crippen molar-refractivity contribution in [2.24, 2.45) is 0 Å². The summed E-state index contributed by atoms with van der Waals surface area (Å²) in [7, 11) is 1.45. The van der Waals surface area contributed by atoms with E-state index in [0.29, 0.717) is 5.56 Å². The van der Waals surface area contributed by atoms with E-state index < -0.39 is 0 Å². The minimum atomic E-state index is -0.362. The first-order valence-electron chi connectivity index (χ1n) is 6.28. The Labute approximate surface area is 112 Å². The van der Waals surface area contributed by atoms with E-state index >= 15 is 0 Å². The van der Waals surface area contributed by atoms with E-state index in [1.807, 2.05) is 24.3 Å². The van der Waals surface area contributed by atoms with E-state index in [4.69, 9.17) is 9.47 Å². The van der Waals surface area contributed by atoms with Crippen molar-refractivity contribution in [2.45, 2.75) is 20.0 Å². The molecule has 0 atom stereocenters. The van der Waals surface area contributed by atoms with Crippen LogP contribution in [0.15, 0.2) is 42.5 Å². The maximum atomic E-state index is 14.0. The second-order valence-electron chi connectivity index (χ2n) is 4.18. The topological polar surface area (TPSA) is 18.5 Å². The predicted molar refractivity (Wildman–Crippen MR) is 73.1 cm³/mol. The Bertz CT molecular complexity index is 552. The molecule has 3 heteroatoms. The van der Waals surface area contributed by atoms with Crippen molar-refractivity contribution in [1.82, 2.24) is 0 Å². The molecule has 0 aromatic heterocycles. The average Bonchev–Trinajstić information content (AvgIpc) is 2.46. The summed E-state index contributed by atoms with van der Waals surface area (Å²) in [5.41, 5.74) is 1.61. The van der Waals surface area contributed by atoms with E-state index in [-0.39, 0.29) is 18.2 Å². The minimum absolute atomic E-state index is 0.194. The molecule has 100 valence electrons. The van der Waals surface area contributed by atoms with Crippen molar-refractivity contribution < 1.29 is 13.9 Å². The Morgan fingerprint density at radius 3 is 2.37 bits per heavy atom. The van der Waals surface area contributed by atoms with Gasteiger partial charge in [-0.05, 0) is 24.1 Å². The van der Waals surface area contributed by atoms with Gasteiger partial charge in [0.05, 0.1) is 7.11 Å². The summed E-state index contributed by atoms with van der Waals surface area (Å²) in [6.45, 7) is 2.26. The Morgan fingerprint density at radius 2 is 1.63 bits per heavy atom. The molecule has 0 aliphatic carbocycles. The molecule has 0 unspecified atom stereocenters. The quantitative estimate of drug-likeness (QED) is 0.809. The van der Waals surface area contributed by atoms with Crippen molar-refractivity contribution >= 4 is 0 Å². The average molecular weight is 260 g/mol. The molecule has 0 bridgehead atoms. The maximum absolute atomic E-state index is 14.0. The molecular weight excluding hydrogens is 243 g/mol. The first-order chi connectivity index (χ1) is 9.26. The fraction of sp³-hybridized carbons (Fsp3) is 0.250. The Balaban J connectivity index is 2.15. The van der Waals surface area contributed by atoms with Crippen LogP contribution in [0.2, 0.25) is 0 Å². The summed E-state index contributed by atoms with van der Waals surface area (Å²) in [5.74, 6) is 0.677. The van der Waals surface area contributed by atoms with Gasteiger partial charge in [0, 0.05) is 5.56 Å². The van der Waals surface area contributed by atoms with Gasteiger partial charge in [0.2, 0.25) is 0 Å². The van der Waals surface area contributed by atoms with Crippen molar-refractivity contribution in [1.29, 1.82) is 0 Å². The zero-order valence-corrected chi connectivity index (χ0v) is 11.2. The summed E-state index contributed by atoms with van der Waals surface area (Å²) in [4.78, 5) is 0. The van der Waals surface area contributed by atoms with Gasteiger partial charge in [0.25, 0.3) is 0 Å². The highest BCUT2D eigenvalue weighted by Gasteiger charge is 2.09. The third kappa shape index (κ3) is 3.05. The number of para-hydroxylation sites is 1. The molecule has 0 heterocycles. The maximum Gasteiger partial charge on any atom is 0.171 e. The summed E-state index contributed by atoms with van der Waals surface area (Å²) in [5, 5.41) is 0. The first-order valence-corrected chi connectivity index (χ1v) is 6.28. The van der Waals surface area contributed by atoms with Crippen LogP contribution in [0.25, 0.3) is 0 Å². The highest BCUT2D eigenvalue weighted by Crippen LogP contribution is 2.23. The van der Waals surface area contributed by atoms with E-state index in [1.165, 1.54) is 7.11 Å². The van der Waals surface area contributed by atoms with E-state index in [0.717, 1.165) is 17.7 Å². The molecule has 0 amide bonds. The lowest BCUT2D eigenvalue weighted by atomic mass is 10.1. The standard InChI is InChI=1S/C16H17FO2/c1-3-12-7-4-5-9-14(12)19-11-13-8-6-10-15(18-2)16(13)17/h4-10H,3,11H2,1-2H3. The molecule has 19 heavy (non-hydrogen) atoms. The van der Waals surface area contributed by atoms with Gasteiger partial charge < -0.3 is 9.47 Å². The lowest BCUT2D eigenvalue weighted by molar-refractivity contribution is 0.293. The molecule has 0 radical (unpaired) electrons. The monoisotopic (exact) mass is 260 g/mol. The Hall–Kier alpha value is -2.03. The minimum Gasteiger partial charge on any atom is -0.494 e. The molecular formula is C16H17FO2. The van der Waals surface area contributed by atoms with Gasteiger partial charge in [0.15, 0.2) is 11.6 Å². The zero-order chi connectivity index (χ0) is 13.7. The number of rotatable bonds is 5. The van der Waals surface area contributed by atoms with Gasteiger partial charge in [-0.3, -0.25) is 0 Å². The van der Waals surface area contributed by atoms with Crippen molar-refractivity contribution in [3.05, 3.63) is 59.4 Å². The molecule has 2 nitrogen and oxygen atoms in total. The number of methoxy groups -OCH3 is 1. The highest BCUT2D eigenvalue weighted by molar-refractivity contribution is 5.34. The normalized spacial score (nSPS) is 10.3. The SMILES string of the molecule is CCc1ccccc1OCc1cccc(OC)c1F. The van der Waals surface area contributed by atoms with Gasteiger partial charge in [-0.15, -0.1) is 0 Å². The van der Waals surface area contributed by atoms with Crippen LogP contribution in [0.1, 0.15) is 18.1 Å². The summed E-state index contributed by atoms with van der Waals surface area (Å²) < 4.78 is 24.6. The number of hydrogen-bond acceptors (Lipinski definition) is 2. The van der Waals surface area contributed by atoms with Crippen molar-refractivity contribution in [2.75, 3.05) is 7.11 Å². The lowest BCUT2D eigenvalue weighted by Crippen LogP contribution is -2.01. The summed E-state index contributed by atoms with van der Waals surface area (Å²) in [6, 6.07) is 12.8. The van der Waals surface area contributed by atoms with Gasteiger partial charge in [0.1, 0.15) is 12.4 Å². The molecule has 0 aliphatic rings. The number of halogens is 1. The fourth-order valence-corrected chi connectivity index (χ4v) is 1.92. The van der Waals surface area contributed by atoms with Gasteiger partial charge >= 0.3 is 0 Å². The van der Waals surface area contributed by atoms with Crippen LogP contribution in [0.4, 0.5) is 4.39 Å². The summed E-state index contributed by atoms with van der Waals surface area (Å²) in [6.07, 6.45) is 0.886. The smallest absolute Gasteiger partial charge is 0.171 e. The van der Waals surface area contributed by atoms with Crippen LogP contribution in [-0.4, -0.2) is 7.11 Å². The van der Waals surface area contributed by atoms with Crippen LogP contribution in [-0.2, 0) is 13.0 Å². The third-order valence-electron chi connectivity index (χ3n) is 3.00. The van der Waals surface area contributed by atoms with Crippen LogP contribution in [0.5, 0.6) is 11.5 Å². The number of ether oxygens (including phenoxy) is 2. The molecule has 0 spiro atoms. The summed E-state index contributed by atoms with van der Waals surface area (Å²) >= 11 is 0. The van der Waals surface area contributed by atoms with Crippen molar-refractivity contribution in [3.8, 4) is 11.5 Å². The van der Waals surface area contributed by atoms with Crippen molar-refractivity contribution in [3.63, 3.8) is 0 Å². The molecule has 0 saturated carbocycles. The molecule has 2 aromatic carbocycles. The van der Waals surface area contributed by atoms with E-state index in [9.17, 15) is 4.39 Å². The number of benzene rings is 2. The van der Waals surface area contributed by atoms with Crippen LogP contribution >= 0.6 is 0 Å². The number of hydrogen-bond donors (Lipinski definition) is 0. The third-order valence-corrected chi connectivity index (χ3v) is 3.00. The second kappa shape index (κ2) is 6.23. The predicted octanol–water partition coefficient (Wildman–Crippen LogP) is 3.98. The Morgan fingerprint density at radius 1 is 0.947 bits per heavy atom. The largest absolute Gasteiger partial charge is 0.494 e. The number of aryl methyl sites for hydroxylation is 1. The highest BCUT2D eigenvalue weighted by atomic mass is 19.1. The van der Waals surface area contributed by atoms with E-state index in [1.54, 1.807) is 18.2 Å². The van der Waals surface area contributed by atoms with Crippen LogP contribution in [0, 0.1) is 5.82 Å². The molecule has 2 rings (SSSR count). The molecule has 0 aliphatic heterocycles. The molecule has 0 saturated heterocycles.